The standard InChI is InChI=1S/C12H5Cl2N3O3S/c13-11-10(21-12(14)15-11)9-5-8(16-20-9)6-1-3-7(4-2-6)17(18)19/h1-5H. The smallest absolute Gasteiger partial charge is 0.269 e. The number of thiazole rings is 1. The first kappa shape index (κ1) is 14.0. The van der Waals surface area contributed by atoms with Crippen LogP contribution in [0.2, 0.25) is 9.62 Å². The Morgan fingerprint density at radius 3 is 2.52 bits per heavy atom. The first-order chi connectivity index (χ1) is 10.0. The second-order valence-electron chi connectivity index (χ2n) is 3.97. The quantitative estimate of drug-likeness (QED) is 0.510. The van der Waals surface area contributed by atoms with Crippen LogP contribution in [-0.2, 0) is 0 Å². The van der Waals surface area contributed by atoms with Gasteiger partial charge in [-0.2, -0.15) is 0 Å². The summed E-state index contributed by atoms with van der Waals surface area (Å²) in [4.78, 5) is 14.6. The lowest BCUT2D eigenvalue weighted by Gasteiger charge is -1.94. The van der Waals surface area contributed by atoms with E-state index in [1.165, 1.54) is 23.5 Å². The summed E-state index contributed by atoms with van der Waals surface area (Å²) in [5, 5.41) is 14.8. The number of nitro benzene ring substituents is 1. The highest BCUT2D eigenvalue weighted by molar-refractivity contribution is 7.19. The van der Waals surface area contributed by atoms with Crippen LogP contribution in [0.25, 0.3) is 21.9 Å². The van der Waals surface area contributed by atoms with Crippen molar-refractivity contribution in [2.24, 2.45) is 0 Å². The molecule has 0 unspecified atom stereocenters. The number of halogens is 2. The molecule has 0 aliphatic rings. The van der Waals surface area contributed by atoms with Gasteiger partial charge in [-0.25, -0.2) is 4.98 Å². The molecule has 3 rings (SSSR count). The van der Waals surface area contributed by atoms with E-state index in [4.69, 9.17) is 27.7 Å². The summed E-state index contributed by atoms with van der Waals surface area (Å²) in [6, 6.07) is 7.68. The van der Waals surface area contributed by atoms with E-state index in [1.54, 1.807) is 18.2 Å². The molecular weight excluding hydrogens is 337 g/mol. The van der Waals surface area contributed by atoms with Gasteiger partial charge in [0.1, 0.15) is 10.6 Å². The van der Waals surface area contributed by atoms with E-state index < -0.39 is 4.92 Å². The summed E-state index contributed by atoms with van der Waals surface area (Å²) in [5.41, 5.74) is 1.25. The van der Waals surface area contributed by atoms with Crippen molar-refractivity contribution in [3.05, 3.63) is 50.1 Å². The molecule has 3 aromatic rings. The van der Waals surface area contributed by atoms with Gasteiger partial charge in [-0.15, -0.1) is 0 Å². The van der Waals surface area contributed by atoms with E-state index in [2.05, 4.69) is 10.1 Å². The molecule has 0 aliphatic carbocycles. The Bertz CT molecular complexity index is 814. The second kappa shape index (κ2) is 5.44. The largest absolute Gasteiger partial charge is 0.355 e. The van der Waals surface area contributed by atoms with E-state index in [9.17, 15) is 10.1 Å². The zero-order valence-electron chi connectivity index (χ0n) is 10.1. The fourth-order valence-corrected chi connectivity index (χ4v) is 3.04. The number of nitrogens with zero attached hydrogens (tertiary/aromatic N) is 3. The molecule has 0 saturated heterocycles. The minimum atomic E-state index is -0.461. The molecule has 0 amide bonds. The number of hydrogen-bond acceptors (Lipinski definition) is 6. The molecule has 6 nitrogen and oxygen atoms in total. The van der Waals surface area contributed by atoms with E-state index in [0.29, 0.717) is 26.4 Å². The van der Waals surface area contributed by atoms with Crippen molar-refractivity contribution in [1.82, 2.24) is 10.1 Å². The van der Waals surface area contributed by atoms with Gasteiger partial charge in [-0.1, -0.05) is 39.7 Å². The van der Waals surface area contributed by atoms with Crippen molar-refractivity contribution < 1.29 is 9.45 Å². The van der Waals surface area contributed by atoms with Crippen molar-refractivity contribution in [3.8, 4) is 21.9 Å². The molecule has 0 N–H and O–H groups in total. The number of benzene rings is 1. The summed E-state index contributed by atoms with van der Waals surface area (Å²) in [5.74, 6) is 0.442. The van der Waals surface area contributed by atoms with Crippen LogP contribution in [0.4, 0.5) is 5.69 Å². The molecule has 21 heavy (non-hydrogen) atoms. The maximum Gasteiger partial charge on any atom is 0.269 e. The maximum absolute atomic E-state index is 10.6. The second-order valence-corrected chi connectivity index (χ2v) is 5.91. The molecule has 0 bridgehead atoms. The van der Waals surface area contributed by atoms with Crippen LogP contribution >= 0.6 is 34.5 Å². The van der Waals surface area contributed by atoms with Crippen molar-refractivity contribution in [2.45, 2.75) is 0 Å². The fraction of sp³-hybridized carbons (Fsp3) is 0. The van der Waals surface area contributed by atoms with Crippen LogP contribution in [0, 0.1) is 10.1 Å². The summed E-state index contributed by atoms with van der Waals surface area (Å²) in [7, 11) is 0. The third-order valence-corrected chi connectivity index (χ3v) is 4.23. The molecule has 1 aromatic carbocycles. The zero-order valence-corrected chi connectivity index (χ0v) is 12.4. The SMILES string of the molecule is O=[N+]([O-])c1ccc(-c2cc(-c3sc(Cl)nc3Cl)on2)cc1. The molecule has 2 aromatic heterocycles. The molecule has 0 radical (unpaired) electrons. The highest BCUT2D eigenvalue weighted by Gasteiger charge is 2.16. The summed E-state index contributed by atoms with van der Waals surface area (Å²) in [6.45, 7) is 0. The van der Waals surface area contributed by atoms with Crippen LogP contribution in [0.1, 0.15) is 0 Å². The predicted molar refractivity (Wildman–Crippen MR) is 79.7 cm³/mol. The Hall–Kier alpha value is -1.96. The zero-order chi connectivity index (χ0) is 15.0. The van der Waals surface area contributed by atoms with Gasteiger partial charge in [-0.05, 0) is 12.1 Å². The average molecular weight is 342 g/mol. The Balaban J connectivity index is 1.94. The monoisotopic (exact) mass is 341 g/mol. The molecule has 106 valence electrons. The van der Waals surface area contributed by atoms with Crippen LogP contribution in [0.5, 0.6) is 0 Å². The Kier molecular flexibility index (Phi) is 3.62. The van der Waals surface area contributed by atoms with Gasteiger partial charge >= 0.3 is 0 Å². The van der Waals surface area contributed by atoms with Crippen LogP contribution < -0.4 is 0 Å². The van der Waals surface area contributed by atoms with Crippen molar-refractivity contribution in [1.29, 1.82) is 0 Å². The van der Waals surface area contributed by atoms with Crippen molar-refractivity contribution in [3.63, 3.8) is 0 Å². The van der Waals surface area contributed by atoms with Crippen molar-refractivity contribution >= 4 is 40.2 Å². The number of non-ortho nitro benzene ring substituents is 1. The molecular formula is C12H5Cl2N3O3S. The molecule has 0 saturated carbocycles. The lowest BCUT2D eigenvalue weighted by atomic mass is 10.1. The highest BCUT2D eigenvalue weighted by Crippen LogP contribution is 2.37. The maximum atomic E-state index is 10.6. The van der Waals surface area contributed by atoms with Crippen molar-refractivity contribution in [2.75, 3.05) is 0 Å². The molecule has 0 fully saturated rings. The lowest BCUT2D eigenvalue weighted by Crippen LogP contribution is -1.87. The lowest BCUT2D eigenvalue weighted by molar-refractivity contribution is -0.384. The minimum absolute atomic E-state index is 0.0137. The number of rotatable bonds is 3. The summed E-state index contributed by atoms with van der Waals surface area (Å²) >= 11 is 12.9. The predicted octanol–water partition coefficient (Wildman–Crippen LogP) is 4.68. The third kappa shape index (κ3) is 2.76. The van der Waals surface area contributed by atoms with Gasteiger partial charge in [0, 0.05) is 23.8 Å². The molecule has 0 spiro atoms. The van der Waals surface area contributed by atoms with Gasteiger partial charge < -0.3 is 4.52 Å². The van der Waals surface area contributed by atoms with Crippen LogP contribution in [0.15, 0.2) is 34.9 Å². The fourth-order valence-electron chi connectivity index (χ4n) is 1.70. The number of aromatic nitrogens is 2. The third-order valence-electron chi connectivity index (χ3n) is 2.67. The Morgan fingerprint density at radius 1 is 1.24 bits per heavy atom. The van der Waals surface area contributed by atoms with Gasteiger partial charge in [0.15, 0.2) is 15.4 Å². The van der Waals surface area contributed by atoms with Gasteiger partial charge in [0.25, 0.3) is 5.69 Å². The topological polar surface area (TPSA) is 82.1 Å². The average Bonchev–Trinajstić information content (AvgIpc) is 3.05. The first-order valence-corrected chi connectivity index (χ1v) is 7.15. The number of hydrogen-bond donors (Lipinski definition) is 0. The Labute approximate surface area is 132 Å². The van der Waals surface area contributed by atoms with E-state index in [1.807, 2.05) is 0 Å². The van der Waals surface area contributed by atoms with E-state index in [0.717, 1.165) is 0 Å². The highest BCUT2D eigenvalue weighted by atomic mass is 35.5. The summed E-state index contributed by atoms with van der Waals surface area (Å²) < 4.78 is 5.53. The normalized spacial score (nSPS) is 10.8. The van der Waals surface area contributed by atoms with Gasteiger partial charge in [0.05, 0.1) is 4.92 Å². The van der Waals surface area contributed by atoms with E-state index >= 15 is 0 Å². The Morgan fingerprint density at radius 2 is 1.95 bits per heavy atom. The first-order valence-electron chi connectivity index (χ1n) is 5.58. The number of nitro groups is 1. The molecule has 0 atom stereocenters. The van der Waals surface area contributed by atoms with Gasteiger partial charge in [0.2, 0.25) is 0 Å². The minimum Gasteiger partial charge on any atom is -0.355 e. The van der Waals surface area contributed by atoms with Gasteiger partial charge in [-0.3, -0.25) is 10.1 Å². The summed E-state index contributed by atoms with van der Waals surface area (Å²) in [6.07, 6.45) is 0. The molecule has 0 aliphatic heterocycles. The van der Waals surface area contributed by atoms with Crippen LogP contribution in [0.3, 0.4) is 0 Å². The molecule has 2 heterocycles. The van der Waals surface area contributed by atoms with Crippen LogP contribution in [-0.4, -0.2) is 15.1 Å². The van der Waals surface area contributed by atoms with E-state index in [-0.39, 0.29) is 10.8 Å². The molecule has 9 heteroatoms.